The van der Waals surface area contributed by atoms with E-state index in [0.29, 0.717) is 32.3 Å². The Morgan fingerprint density at radius 2 is 1.11 bits per heavy atom. The lowest BCUT2D eigenvalue weighted by Crippen LogP contribution is -2.12. The molecular weight excluding hydrogens is 456 g/mol. The molecule has 0 fully saturated rings. The molecule has 4 rings (SSSR count). The summed E-state index contributed by atoms with van der Waals surface area (Å²) >= 11 is 0. The van der Waals surface area contributed by atoms with Gasteiger partial charge in [0.05, 0.1) is 13.2 Å². The molecular formula is C34H40O3. The first-order chi connectivity index (χ1) is 18.1. The monoisotopic (exact) mass is 496 g/mol. The maximum absolute atomic E-state index is 5.82. The molecule has 3 nitrogen and oxygen atoms in total. The van der Waals surface area contributed by atoms with Gasteiger partial charge in [-0.1, -0.05) is 84.8 Å². The molecule has 1 unspecified atom stereocenters. The minimum absolute atomic E-state index is 0.530. The third-order valence-electron chi connectivity index (χ3n) is 6.76. The third kappa shape index (κ3) is 9.59. The van der Waals surface area contributed by atoms with Crippen molar-refractivity contribution in [3.8, 4) is 11.5 Å². The van der Waals surface area contributed by atoms with Gasteiger partial charge in [0, 0.05) is 0 Å². The molecule has 3 aromatic carbocycles. The van der Waals surface area contributed by atoms with Crippen LogP contribution in [0.25, 0.3) is 0 Å². The number of rotatable bonds is 14. The molecule has 1 aliphatic rings. The zero-order valence-electron chi connectivity index (χ0n) is 22.3. The second-order valence-corrected chi connectivity index (χ2v) is 9.93. The van der Waals surface area contributed by atoms with Crippen LogP contribution in [-0.2, 0) is 24.0 Å². The van der Waals surface area contributed by atoms with E-state index in [4.69, 9.17) is 14.2 Å². The van der Waals surface area contributed by atoms with Crippen molar-refractivity contribution in [2.45, 2.75) is 46.0 Å². The summed E-state index contributed by atoms with van der Waals surface area (Å²) < 4.78 is 17.3. The van der Waals surface area contributed by atoms with E-state index in [2.05, 4.69) is 92.7 Å². The van der Waals surface area contributed by atoms with Gasteiger partial charge in [-0.15, -0.1) is 0 Å². The molecule has 3 aromatic rings. The Balaban J connectivity index is 1.04. The predicted octanol–water partition coefficient (Wildman–Crippen LogP) is 7.71. The summed E-state index contributed by atoms with van der Waals surface area (Å²) in [6.45, 7) is 6.53. The highest BCUT2D eigenvalue weighted by Crippen LogP contribution is 2.21. The van der Waals surface area contributed by atoms with Crippen molar-refractivity contribution in [2.75, 3.05) is 26.4 Å². The second kappa shape index (κ2) is 14.4. The standard InChI is InChI=1S/C34H40O3/c1-27-3-7-29(8-4-27)11-13-31-15-19-33(20-16-31)36-25-23-35-24-26-37-34-21-17-32(18-22-34)14-12-30-9-5-28(2)6-10-30/h3-5,7-10,15-22,28H,6,11-14,23-26H2,1-2H3. The van der Waals surface area contributed by atoms with Crippen LogP contribution in [0.5, 0.6) is 11.5 Å². The van der Waals surface area contributed by atoms with Crippen LogP contribution >= 0.6 is 0 Å². The van der Waals surface area contributed by atoms with Crippen LogP contribution in [-0.4, -0.2) is 26.4 Å². The summed E-state index contributed by atoms with van der Waals surface area (Å²) in [7, 11) is 0. The van der Waals surface area contributed by atoms with Gasteiger partial charge >= 0.3 is 0 Å². The van der Waals surface area contributed by atoms with Gasteiger partial charge in [-0.05, 0) is 85.9 Å². The van der Waals surface area contributed by atoms with E-state index >= 15 is 0 Å². The van der Waals surface area contributed by atoms with Crippen molar-refractivity contribution >= 4 is 0 Å². The number of allylic oxidation sites excluding steroid dienone is 4. The predicted molar refractivity (Wildman–Crippen MR) is 153 cm³/mol. The molecule has 0 saturated carbocycles. The molecule has 194 valence electrons. The minimum Gasteiger partial charge on any atom is -0.491 e. The fraction of sp³-hybridized carbons (Fsp3) is 0.353. The molecule has 1 aliphatic carbocycles. The third-order valence-corrected chi connectivity index (χ3v) is 6.76. The van der Waals surface area contributed by atoms with Crippen LogP contribution in [0.2, 0.25) is 0 Å². The Bertz CT molecular complexity index is 1130. The highest BCUT2D eigenvalue weighted by Gasteiger charge is 2.04. The van der Waals surface area contributed by atoms with Crippen molar-refractivity contribution in [1.82, 2.24) is 0 Å². The summed E-state index contributed by atoms with van der Waals surface area (Å²) in [4.78, 5) is 0. The van der Waals surface area contributed by atoms with Crippen molar-refractivity contribution in [2.24, 2.45) is 5.92 Å². The largest absolute Gasteiger partial charge is 0.491 e. The van der Waals surface area contributed by atoms with Crippen LogP contribution in [0.3, 0.4) is 0 Å². The first kappa shape index (κ1) is 26.8. The van der Waals surface area contributed by atoms with E-state index in [1.165, 1.54) is 27.8 Å². The molecule has 3 heteroatoms. The van der Waals surface area contributed by atoms with Crippen LogP contribution in [0.4, 0.5) is 0 Å². The first-order valence-corrected chi connectivity index (χ1v) is 13.6. The quantitative estimate of drug-likeness (QED) is 0.214. The zero-order valence-corrected chi connectivity index (χ0v) is 22.3. The van der Waals surface area contributed by atoms with E-state index in [9.17, 15) is 0 Å². The second-order valence-electron chi connectivity index (χ2n) is 9.93. The molecule has 0 spiro atoms. The molecule has 1 atom stereocenters. The molecule has 0 heterocycles. The number of aryl methyl sites for hydroxylation is 4. The lowest BCUT2D eigenvalue weighted by molar-refractivity contribution is 0.0764. The van der Waals surface area contributed by atoms with Gasteiger partial charge in [0.1, 0.15) is 24.7 Å². The Morgan fingerprint density at radius 3 is 1.59 bits per heavy atom. The lowest BCUT2D eigenvalue weighted by Gasteiger charge is -2.12. The Hall–Kier alpha value is -3.30. The van der Waals surface area contributed by atoms with Gasteiger partial charge in [-0.2, -0.15) is 0 Å². The summed E-state index contributed by atoms with van der Waals surface area (Å²) in [5.74, 6) is 2.44. The van der Waals surface area contributed by atoms with Gasteiger partial charge in [0.15, 0.2) is 0 Å². The van der Waals surface area contributed by atoms with Crippen LogP contribution < -0.4 is 9.47 Å². The highest BCUT2D eigenvalue weighted by molar-refractivity contribution is 5.30. The molecule has 0 saturated heterocycles. The SMILES string of the molecule is Cc1ccc(CCc2ccc(OCCOCCOc3ccc(CCC4=CCC(C)C=C4)cc3)cc2)cc1. The maximum Gasteiger partial charge on any atom is 0.119 e. The fourth-order valence-electron chi connectivity index (χ4n) is 4.33. The van der Waals surface area contributed by atoms with Crippen LogP contribution in [0.1, 0.15) is 42.0 Å². The normalized spacial score (nSPS) is 14.9. The number of hydrogen-bond donors (Lipinski definition) is 0. The summed E-state index contributed by atoms with van der Waals surface area (Å²) in [5.41, 5.74) is 6.79. The number of benzene rings is 3. The minimum atomic E-state index is 0.530. The van der Waals surface area contributed by atoms with Crippen LogP contribution in [0, 0.1) is 12.8 Å². The summed E-state index contributed by atoms with van der Waals surface area (Å²) in [6.07, 6.45) is 12.4. The van der Waals surface area contributed by atoms with Crippen molar-refractivity contribution in [3.63, 3.8) is 0 Å². The van der Waals surface area contributed by atoms with E-state index < -0.39 is 0 Å². The van der Waals surface area contributed by atoms with Gasteiger partial charge in [-0.25, -0.2) is 0 Å². The fourth-order valence-corrected chi connectivity index (χ4v) is 4.33. The van der Waals surface area contributed by atoms with Crippen LogP contribution in [0.15, 0.2) is 96.6 Å². The van der Waals surface area contributed by atoms with Crippen molar-refractivity contribution in [1.29, 1.82) is 0 Å². The van der Waals surface area contributed by atoms with Crippen molar-refractivity contribution in [3.05, 3.63) is 119 Å². The van der Waals surface area contributed by atoms with E-state index in [-0.39, 0.29) is 0 Å². The summed E-state index contributed by atoms with van der Waals surface area (Å²) in [6, 6.07) is 25.6. The van der Waals surface area contributed by atoms with Gasteiger partial charge in [0.2, 0.25) is 0 Å². The lowest BCUT2D eigenvalue weighted by atomic mass is 9.95. The molecule has 37 heavy (non-hydrogen) atoms. The molecule has 0 radical (unpaired) electrons. The molecule has 0 bridgehead atoms. The Morgan fingerprint density at radius 1 is 0.622 bits per heavy atom. The molecule has 0 aromatic heterocycles. The maximum atomic E-state index is 5.82. The molecule has 0 aliphatic heterocycles. The number of ether oxygens (including phenoxy) is 3. The molecule has 0 N–H and O–H groups in total. The Labute approximate surface area is 222 Å². The zero-order chi connectivity index (χ0) is 25.7. The van der Waals surface area contributed by atoms with E-state index in [0.717, 1.165) is 43.6 Å². The van der Waals surface area contributed by atoms with Gasteiger partial charge < -0.3 is 14.2 Å². The Kier molecular flexibility index (Phi) is 10.4. The van der Waals surface area contributed by atoms with E-state index in [1.54, 1.807) is 0 Å². The van der Waals surface area contributed by atoms with E-state index in [1.807, 2.05) is 12.1 Å². The molecule has 0 amide bonds. The highest BCUT2D eigenvalue weighted by atomic mass is 16.5. The van der Waals surface area contributed by atoms with Gasteiger partial charge in [0.25, 0.3) is 0 Å². The van der Waals surface area contributed by atoms with Crippen molar-refractivity contribution < 1.29 is 14.2 Å². The number of hydrogen-bond acceptors (Lipinski definition) is 3. The van der Waals surface area contributed by atoms with Gasteiger partial charge in [-0.3, -0.25) is 0 Å². The topological polar surface area (TPSA) is 27.7 Å². The average molecular weight is 497 g/mol. The first-order valence-electron chi connectivity index (χ1n) is 13.6. The summed E-state index contributed by atoms with van der Waals surface area (Å²) in [5, 5.41) is 0. The average Bonchev–Trinajstić information content (AvgIpc) is 2.93. The smallest absolute Gasteiger partial charge is 0.119 e.